The first kappa shape index (κ1) is 21.0. The van der Waals surface area contributed by atoms with E-state index >= 15 is 0 Å². The normalized spacial score (nSPS) is 19.8. The Morgan fingerprint density at radius 1 is 1.23 bits per heavy atom. The molecular formula is C25H28N2O4. The van der Waals surface area contributed by atoms with Gasteiger partial charge in [0, 0.05) is 24.6 Å². The van der Waals surface area contributed by atoms with Gasteiger partial charge in [0.15, 0.2) is 17.3 Å². The summed E-state index contributed by atoms with van der Waals surface area (Å²) >= 11 is 0. The number of fused-ring (bicyclic) bond motifs is 1. The number of ether oxygens (including phenoxy) is 1. The minimum absolute atomic E-state index is 0.0221. The molecule has 6 nitrogen and oxygen atoms in total. The first-order chi connectivity index (χ1) is 14.7. The number of amides is 1. The van der Waals surface area contributed by atoms with E-state index in [1.54, 1.807) is 23.1 Å². The molecule has 0 aromatic heterocycles. The number of Topliss-reactive ketones (excluding diaryl/α,β-unsaturated/α-hetero) is 1. The van der Waals surface area contributed by atoms with Crippen LogP contribution in [0.15, 0.2) is 53.7 Å². The third kappa shape index (κ3) is 3.78. The van der Waals surface area contributed by atoms with Gasteiger partial charge < -0.3 is 15.2 Å². The van der Waals surface area contributed by atoms with Gasteiger partial charge in [-0.1, -0.05) is 32.0 Å². The molecule has 1 atom stereocenters. The van der Waals surface area contributed by atoms with Crippen LogP contribution in [0.2, 0.25) is 0 Å². The van der Waals surface area contributed by atoms with E-state index in [0.717, 1.165) is 16.9 Å². The molecule has 1 unspecified atom stereocenters. The smallest absolute Gasteiger partial charge is 0.224 e. The first-order valence-corrected chi connectivity index (χ1v) is 10.6. The quantitative estimate of drug-likeness (QED) is 0.734. The highest BCUT2D eigenvalue weighted by atomic mass is 16.5. The molecule has 0 spiro atoms. The molecule has 0 saturated heterocycles. The topological polar surface area (TPSA) is 78.9 Å². The molecule has 0 bridgehead atoms. The van der Waals surface area contributed by atoms with E-state index < -0.39 is 6.04 Å². The molecule has 6 heteroatoms. The Morgan fingerprint density at radius 3 is 2.68 bits per heavy atom. The van der Waals surface area contributed by atoms with E-state index in [2.05, 4.69) is 19.2 Å². The van der Waals surface area contributed by atoms with E-state index in [9.17, 15) is 14.7 Å². The fourth-order valence-corrected chi connectivity index (χ4v) is 4.62. The molecule has 2 N–H and O–H groups in total. The molecular weight excluding hydrogens is 392 g/mol. The van der Waals surface area contributed by atoms with Gasteiger partial charge in [-0.05, 0) is 48.6 Å². The molecule has 1 heterocycles. The third-order valence-electron chi connectivity index (χ3n) is 5.84. The number of carbonyl (C=O) groups is 2. The maximum Gasteiger partial charge on any atom is 0.224 e. The zero-order valence-electron chi connectivity index (χ0n) is 18.4. The number of phenols is 1. The van der Waals surface area contributed by atoms with Gasteiger partial charge in [-0.25, -0.2) is 0 Å². The van der Waals surface area contributed by atoms with Crippen LogP contribution in [0, 0.1) is 5.41 Å². The molecule has 2 aromatic carbocycles. The molecule has 0 saturated carbocycles. The minimum atomic E-state index is -0.618. The molecule has 0 fully saturated rings. The lowest BCUT2D eigenvalue weighted by molar-refractivity contribution is -0.118. The van der Waals surface area contributed by atoms with Gasteiger partial charge in [0.25, 0.3) is 0 Å². The summed E-state index contributed by atoms with van der Waals surface area (Å²) in [5.74, 6) is 0.211. The van der Waals surface area contributed by atoms with Crippen LogP contribution in [-0.2, 0) is 9.59 Å². The van der Waals surface area contributed by atoms with Crippen molar-refractivity contribution in [2.24, 2.45) is 5.41 Å². The van der Waals surface area contributed by atoms with Crippen molar-refractivity contribution < 1.29 is 19.4 Å². The van der Waals surface area contributed by atoms with Crippen LogP contribution in [-0.4, -0.2) is 23.4 Å². The Hall–Kier alpha value is -3.28. The lowest BCUT2D eigenvalue weighted by Crippen LogP contribution is -2.38. The number of aromatic hydroxyl groups is 1. The molecule has 4 rings (SSSR count). The molecule has 31 heavy (non-hydrogen) atoms. The average Bonchev–Trinajstić information content (AvgIpc) is 2.83. The number of rotatable bonds is 3. The third-order valence-corrected chi connectivity index (χ3v) is 5.84. The minimum Gasteiger partial charge on any atom is -0.504 e. The Morgan fingerprint density at radius 2 is 1.97 bits per heavy atom. The summed E-state index contributed by atoms with van der Waals surface area (Å²) in [6, 6.07) is 12.0. The van der Waals surface area contributed by atoms with Crippen LogP contribution in [0.25, 0.3) is 0 Å². The number of para-hydroxylation sites is 2. The summed E-state index contributed by atoms with van der Waals surface area (Å²) in [6.45, 7) is 7.91. The summed E-state index contributed by atoms with van der Waals surface area (Å²) in [5, 5.41) is 13.7. The molecule has 162 valence electrons. The van der Waals surface area contributed by atoms with E-state index in [0.29, 0.717) is 36.5 Å². The van der Waals surface area contributed by atoms with Gasteiger partial charge in [-0.15, -0.1) is 0 Å². The Kier molecular flexibility index (Phi) is 5.25. The highest BCUT2D eigenvalue weighted by molar-refractivity contribution is 6.05. The van der Waals surface area contributed by atoms with Crippen molar-refractivity contribution in [3.05, 3.63) is 59.3 Å². The Balaban J connectivity index is 1.99. The number of anilines is 2. The van der Waals surface area contributed by atoms with E-state index in [1.165, 1.54) is 6.92 Å². The second-order valence-electron chi connectivity index (χ2n) is 8.93. The summed E-state index contributed by atoms with van der Waals surface area (Å²) in [5.41, 5.74) is 3.48. The lowest BCUT2D eigenvalue weighted by atomic mass is 9.73. The number of nitrogens with one attached hydrogen (secondary N) is 1. The van der Waals surface area contributed by atoms with Gasteiger partial charge in [0.05, 0.1) is 24.0 Å². The maximum absolute atomic E-state index is 13.5. The number of hydrogen-bond acceptors (Lipinski definition) is 5. The van der Waals surface area contributed by atoms with Gasteiger partial charge in [0.2, 0.25) is 5.91 Å². The van der Waals surface area contributed by atoms with Crippen LogP contribution in [0.4, 0.5) is 11.4 Å². The summed E-state index contributed by atoms with van der Waals surface area (Å²) < 4.78 is 5.59. The van der Waals surface area contributed by atoms with Crippen molar-refractivity contribution in [3.8, 4) is 11.5 Å². The highest BCUT2D eigenvalue weighted by Gasteiger charge is 2.42. The zero-order valence-corrected chi connectivity index (χ0v) is 18.4. The number of benzene rings is 2. The number of allylic oxidation sites excluding steroid dienone is 1. The fraction of sp³-hybridized carbons (Fsp3) is 0.360. The zero-order chi connectivity index (χ0) is 22.3. The van der Waals surface area contributed by atoms with E-state index in [1.807, 2.05) is 31.2 Å². The van der Waals surface area contributed by atoms with Crippen molar-refractivity contribution in [1.82, 2.24) is 0 Å². The average molecular weight is 421 g/mol. The molecule has 1 aliphatic heterocycles. The van der Waals surface area contributed by atoms with E-state index in [4.69, 9.17) is 4.74 Å². The van der Waals surface area contributed by atoms with E-state index in [-0.39, 0.29) is 22.9 Å². The number of phenolic OH excluding ortho intramolecular Hbond substituents is 1. The van der Waals surface area contributed by atoms with Crippen molar-refractivity contribution in [2.45, 2.75) is 46.6 Å². The SMILES string of the molecule is CCOc1cc(C2C3=C(CC(C)(C)CC3=O)Nc3ccccc3N2C(C)=O)ccc1O. The predicted octanol–water partition coefficient (Wildman–Crippen LogP) is 4.95. The summed E-state index contributed by atoms with van der Waals surface area (Å²) in [6.07, 6.45) is 1.10. The lowest BCUT2D eigenvalue weighted by Gasteiger charge is -2.37. The summed E-state index contributed by atoms with van der Waals surface area (Å²) in [4.78, 5) is 28.1. The fourth-order valence-electron chi connectivity index (χ4n) is 4.62. The number of hydrogen-bond donors (Lipinski definition) is 2. The van der Waals surface area contributed by atoms with Crippen LogP contribution in [0.5, 0.6) is 11.5 Å². The number of nitrogens with zero attached hydrogens (tertiary/aromatic N) is 1. The molecule has 1 amide bonds. The van der Waals surface area contributed by atoms with Gasteiger partial charge >= 0.3 is 0 Å². The maximum atomic E-state index is 13.5. The Labute approximate surface area is 182 Å². The second-order valence-corrected chi connectivity index (χ2v) is 8.93. The largest absolute Gasteiger partial charge is 0.504 e. The van der Waals surface area contributed by atoms with Crippen molar-refractivity contribution >= 4 is 23.1 Å². The molecule has 2 aliphatic rings. The highest BCUT2D eigenvalue weighted by Crippen LogP contribution is 2.49. The van der Waals surface area contributed by atoms with Crippen LogP contribution >= 0.6 is 0 Å². The van der Waals surface area contributed by atoms with Gasteiger partial charge in [-0.3, -0.25) is 14.5 Å². The molecule has 1 aliphatic carbocycles. The number of ketones is 1. The summed E-state index contributed by atoms with van der Waals surface area (Å²) in [7, 11) is 0. The first-order valence-electron chi connectivity index (χ1n) is 10.6. The van der Waals surface area contributed by atoms with Gasteiger partial charge in [-0.2, -0.15) is 0 Å². The monoisotopic (exact) mass is 420 g/mol. The molecule has 0 radical (unpaired) electrons. The predicted molar refractivity (Wildman–Crippen MR) is 120 cm³/mol. The second kappa shape index (κ2) is 7.76. The van der Waals surface area contributed by atoms with Crippen molar-refractivity contribution in [1.29, 1.82) is 0 Å². The van der Waals surface area contributed by atoms with Crippen molar-refractivity contribution in [3.63, 3.8) is 0 Å². The molecule has 2 aromatic rings. The number of carbonyl (C=O) groups excluding carboxylic acids is 2. The van der Waals surface area contributed by atoms with Crippen molar-refractivity contribution in [2.75, 3.05) is 16.8 Å². The standard InChI is InChI=1S/C25H28N2O4/c1-5-31-22-12-16(10-11-20(22)29)24-23-18(13-25(3,4)14-21(23)30)26-17-8-6-7-9-19(17)27(24)15(2)28/h6-12,24,26,29H,5,13-14H2,1-4H3. The van der Waals surface area contributed by atoms with Crippen LogP contribution in [0.3, 0.4) is 0 Å². The Bertz CT molecular complexity index is 1090. The van der Waals surface area contributed by atoms with Crippen LogP contribution in [0.1, 0.15) is 52.1 Å². The van der Waals surface area contributed by atoms with Crippen LogP contribution < -0.4 is 15.0 Å². The van der Waals surface area contributed by atoms with Gasteiger partial charge in [0.1, 0.15) is 0 Å².